The first kappa shape index (κ1) is 17.5. The molecule has 1 aromatic rings. The van der Waals surface area contributed by atoms with Crippen molar-refractivity contribution in [3.8, 4) is 0 Å². The van der Waals surface area contributed by atoms with Gasteiger partial charge in [-0.2, -0.15) is 0 Å². The molecule has 2 N–H and O–H groups in total. The Morgan fingerprint density at radius 3 is 2.77 bits per heavy atom. The van der Waals surface area contributed by atoms with Gasteiger partial charge in [-0.15, -0.1) is 11.8 Å². The molecule has 0 aromatic carbocycles. The number of aliphatic imine (C=N–C) groups is 1. The van der Waals surface area contributed by atoms with Crippen LogP contribution in [0.15, 0.2) is 11.2 Å². The molecule has 0 saturated carbocycles. The molecule has 0 radical (unpaired) electrons. The second-order valence-corrected chi connectivity index (χ2v) is 6.71. The number of imidazole rings is 1. The Bertz CT molecular complexity index is 563. The fraction of sp³-hybridized carbons (Fsp3) is 0.643. The summed E-state index contributed by atoms with van der Waals surface area (Å²) in [5, 5.41) is 8.46. The smallest absolute Gasteiger partial charge is 0.180 e. The molecule has 1 saturated heterocycles. The maximum absolute atomic E-state index is 14.4. The third kappa shape index (κ3) is 3.55. The molecule has 0 aliphatic carbocycles. The van der Waals surface area contributed by atoms with E-state index in [4.69, 9.17) is 10.1 Å². The molecule has 22 heavy (non-hydrogen) atoms. The zero-order valence-corrected chi connectivity index (χ0v) is 14.7. The summed E-state index contributed by atoms with van der Waals surface area (Å²) in [7, 11) is 0. The highest BCUT2D eigenvalue weighted by atomic mass is 32.2. The van der Waals surface area contributed by atoms with Crippen LogP contribution < -0.4 is 0 Å². The highest BCUT2D eigenvalue weighted by Gasteiger charge is 2.42. The van der Waals surface area contributed by atoms with Crippen LogP contribution in [0.1, 0.15) is 37.9 Å². The van der Waals surface area contributed by atoms with E-state index in [9.17, 15) is 4.39 Å². The van der Waals surface area contributed by atoms with Gasteiger partial charge >= 0.3 is 0 Å². The van der Waals surface area contributed by atoms with E-state index in [1.165, 1.54) is 23.5 Å². The van der Waals surface area contributed by atoms with Crippen LogP contribution in [-0.4, -0.2) is 45.0 Å². The number of rotatable bonds is 3. The van der Waals surface area contributed by atoms with Crippen molar-refractivity contribution in [2.75, 3.05) is 12.5 Å². The number of nitrogens with zero attached hydrogens (tertiary/aromatic N) is 2. The first-order valence-electron chi connectivity index (χ1n) is 7.11. The summed E-state index contributed by atoms with van der Waals surface area (Å²) < 4.78 is 20.2. The molecule has 0 unspecified atom stereocenters. The fourth-order valence-corrected chi connectivity index (χ4v) is 3.22. The number of hydrogen-bond acceptors (Lipinski definition) is 5. The number of aromatic nitrogens is 2. The number of halogens is 1. The lowest BCUT2D eigenvalue weighted by atomic mass is 9.97. The van der Waals surface area contributed by atoms with Gasteiger partial charge in [0.2, 0.25) is 0 Å². The molecule has 1 fully saturated rings. The molecule has 2 heterocycles. The van der Waals surface area contributed by atoms with Crippen molar-refractivity contribution in [2.24, 2.45) is 10.9 Å². The average molecular weight is 344 g/mol. The Labute approximate surface area is 138 Å². The largest absolute Gasteiger partial charge is 0.365 e. The Hall–Kier alpha value is -0.860. The van der Waals surface area contributed by atoms with Crippen LogP contribution in [0.5, 0.6) is 0 Å². The maximum Gasteiger partial charge on any atom is 0.180 e. The third-order valence-corrected chi connectivity index (χ3v) is 4.95. The molecule has 8 heteroatoms. The number of ether oxygens (including phenoxy) is 1. The summed E-state index contributed by atoms with van der Waals surface area (Å²) in [6, 6.07) is 0. The molecule has 4 atom stereocenters. The van der Waals surface area contributed by atoms with Crippen molar-refractivity contribution in [3.05, 3.63) is 17.7 Å². The zero-order chi connectivity index (χ0) is 16.3. The monoisotopic (exact) mass is 344 g/mol. The van der Waals surface area contributed by atoms with E-state index in [2.05, 4.69) is 15.0 Å². The van der Waals surface area contributed by atoms with E-state index in [1.807, 2.05) is 20.1 Å². The molecule has 122 valence electrons. The molecule has 0 spiro atoms. The quantitative estimate of drug-likeness (QED) is 0.648. The predicted molar refractivity (Wildman–Crippen MR) is 91.8 cm³/mol. The van der Waals surface area contributed by atoms with Crippen LogP contribution >= 0.6 is 23.5 Å². The lowest BCUT2D eigenvalue weighted by Crippen LogP contribution is -2.17. The number of H-pyrrole nitrogens is 1. The molecule has 0 bridgehead atoms. The SMILES string of the molecule is CC[C@H]1O[C@@H](c2cnc(C(=NC(=N)SC)SC)[nH]2)[C@H](F)[C@@H]1C. The van der Waals surface area contributed by atoms with Crippen LogP contribution in [0.2, 0.25) is 0 Å². The van der Waals surface area contributed by atoms with E-state index >= 15 is 0 Å². The number of hydrogen-bond donors (Lipinski definition) is 2. The van der Waals surface area contributed by atoms with Crippen molar-refractivity contribution in [1.29, 1.82) is 5.41 Å². The van der Waals surface area contributed by atoms with Gasteiger partial charge in [-0.05, 0) is 18.9 Å². The van der Waals surface area contributed by atoms with Gasteiger partial charge in [0.1, 0.15) is 17.3 Å². The van der Waals surface area contributed by atoms with E-state index in [0.717, 1.165) is 6.42 Å². The van der Waals surface area contributed by atoms with Gasteiger partial charge in [0.15, 0.2) is 11.0 Å². The highest BCUT2D eigenvalue weighted by Crippen LogP contribution is 2.39. The molecule has 2 rings (SSSR count). The van der Waals surface area contributed by atoms with Gasteiger partial charge in [0.05, 0.1) is 18.0 Å². The minimum atomic E-state index is -1.04. The maximum atomic E-state index is 14.4. The normalized spacial score (nSPS) is 29.0. The first-order chi connectivity index (χ1) is 10.5. The van der Waals surface area contributed by atoms with Crippen LogP contribution in [0.3, 0.4) is 0 Å². The van der Waals surface area contributed by atoms with Crippen molar-refractivity contribution in [1.82, 2.24) is 9.97 Å². The Morgan fingerprint density at radius 1 is 1.50 bits per heavy atom. The van der Waals surface area contributed by atoms with Crippen LogP contribution in [-0.2, 0) is 4.74 Å². The topological polar surface area (TPSA) is 74.1 Å². The Morgan fingerprint density at radius 2 is 2.23 bits per heavy atom. The summed E-state index contributed by atoms with van der Waals surface area (Å²) in [6.07, 6.45) is 4.34. The van der Waals surface area contributed by atoms with Gasteiger partial charge in [-0.1, -0.05) is 25.6 Å². The summed E-state index contributed by atoms with van der Waals surface area (Å²) in [4.78, 5) is 11.6. The minimum Gasteiger partial charge on any atom is -0.365 e. The van der Waals surface area contributed by atoms with Crippen molar-refractivity contribution in [3.63, 3.8) is 0 Å². The number of nitrogens with one attached hydrogen (secondary N) is 2. The van der Waals surface area contributed by atoms with Gasteiger partial charge in [0.25, 0.3) is 0 Å². The lowest BCUT2D eigenvalue weighted by molar-refractivity contribution is 0.0208. The standard InChI is InChI=1S/C14H21FN4OS2/c1-5-9-7(2)10(15)11(20-9)8-6-17-12(18-8)13(21-3)19-14(16)22-4/h6-7,9-11,16H,5H2,1-4H3,(H,17,18)/t7-,9-,10-,11+/m1/s1. The van der Waals surface area contributed by atoms with Crippen LogP contribution in [0, 0.1) is 11.3 Å². The summed E-state index contributed by atoms with van der Waals surface area (Å²) in [5.41, 5.74) is 0.628. The van der Waals surface area contributed by atoms with E-state index < -0.39 is 12.3 Å². The molecular formula is C14H21FN4OS2. The molecule has 0 amide bonds. The Balaban J connectivity index is 2.21. The third-order valence-electron chi connectivity index (χ3n) is 3.80. The summed E-state index contributed by atoms with van der Waals surface area (Å²) in [6.45, 7) is 3.88. The highest BCUT2D eigenvalue weighted by molar-refractivity contribution is 8.15. The van der Waals surface area contributed by atoms with Crippen LogP contribution in [0.4, 0.5) is 4.39 Å². The van der Waals surface area contributed by atoms with E-state index in [0.29, 0.717) is 16.6 Å². The Kier molecular flexibility index (Phi) is 6.05. The van der Waals surface area contributed by atoms with Gasteiger partial charge in [-0.25, -0.2) is 14.4 Å². The molecule has 1 aliphatic rings. The lowest BCUT2D eigenvalue weighted by Gasteiger charge is -2.11. The number of aromatic amines is 1. The second kappa shape index (κ2) is 7.61. The molecule has 1 aromatic heterocycles. The summed E-state index contributed by atoms with van der Waals surface area (Å²) >= 11 is 2.65. The molecule has 5 nitrogen and oxygen atoms in total. The average Bonchev–Trinajstić information content (AvgIpc) is 3.11. The number of thioether (sulfide) groups is 2. The van der Waals surface area contributed by atoms with Crippen molar-refractivity contribution in [2.45, 2.75) is 38.6 Å². The fourth-order valence-electron chi connectivity index (χ4n) is 2.50. The summed E-state index contributed by atoms with van der Waals surface area (Å²) in [5.74, 6) is 0.421. The van der Waals surface area contributed by atoms with Crippen molar-refractivity contribution < 1.29 is 9.13 Å². The number of amidine groups is 1. The van der Waals surface area contributed by atoms with Crippen LogP contribution in [0.25, 0.3) is 0 Å². The minimum absolute atomic E-state index is 0.0647. The molecule has 1 aliphatic heterocycles. The van der Waals surface area contributed by atoms with Gasteiger partial charge < -0.3 is 9.72 Å². The predicted octanol–water partition coefficient (Wildman–Crippen LogP) is 3.64. The molecular weight excluding hydrogens is 323 g/mol. The van der Waals surface area contributed by atoms with Crippen molar-refractivity contribution >= 4 is 33.7 Å². The van der Waals surface area contributed by atoms with Gasteiger partial charge in [-0.3, -0.25) is 5.41 Å². The first-order valence-corrected chi connectivity index (χ1v) is 9.56. The van der Waals surface area contributed by atoms with E-state index in [-0.39, 0.29) is 17.2 Å². The zero-order valence-electron chi connectivity index (χ0n) is 13.1. The van der Waals surface area contributed by atoms with E-state index in [1.54, 1.807) is 12.5 Å². The number of alkyl halides is 1. The van der Waals surface area contributed by atoms with Gasteiger partial charge in [0, 0.05) is 5.92 Å². The second-order valence-electron chi connectivity index (χ2n) is 5.12.